The number of carboxylic acids is 1. The van der Waals surface area contributed by atoms with Gasteiger partial charge in [-0.1, -0.05) is 30.3 Å². The summed E-state index contributed by atoms with van der Waals surface area (Å²) in [7, 11) is 0. The second-order valence-corrected chi connectivity index (χ2v) is 5.77. The summed E-state index contributed by atoms with van der Waals surface area (Å²) < 4.78 is 13.1. The van der Waals surface area contributed by atoms with Crippen LogP contribution in [0.1, 0.15) is 22.8 Å². The first kappa shape index (κ1) is 19.1. The standard InChI is InChI=1S/C19H19FN2O4/c1-12(19(25)26)21-18(24)16(11-13-7-9-15(20)10-8-13)22-17(23)14-5-3-2-4-6-14/h2-10,12,16H,11H2,1H3,(H,21,24)(H,22,23)(H,25,26)/p-1/t12-,16-/m0/s1. The number of hydrogen-bond donors (Lipinski definition) is 2. The molecule has 2 aromatic rings. The van der Waals surface area contributed by atoms with Gasteiger partial charge >= 0.3 is 0 Å². The van der Waals surface area contributed by atoms with Gasteiger partial charge in [-0.05, 0) is 36.8 Å². The molecule has 0 spiro atoms. The van der Waals surface area contributed by atoms with Crippen LogP contribution in [0.4, 0.5) is 4.39 Å². The fourth-order valence-corrected chi connectivity index (χ4v) is 2.27. The van der Waals surface area contributed by atoms with Crippen molar-refractivity contribution >= 4 is 17.8 Å². The van der Waals surface area contributed by atoms with Crippen molar-refractivity contribution in [2.24, 2.45) is 0 Å². The van der Waals surface area contributed by atoms with Crippen LogP contribution >= 0.6 is 0 Å². The van der Waals surface area contributed by atoms with Crippen molar-refractivity contribution in [2.75, 3.05) is 0 Å². The number of rotatable bonds is 7. The normalized spacial score (nSPS) is 12.7. The first-order chi connectivity index (χ1) is 12.4. The van der Waals surface area contributed by atoms with Crippen LogP contribution in [0.25, 0.3) is 0 Å². The van der Waals surface area contributed by atoms with Gasteiger partial charge in [0.05, 0.1) is 12.0 Å². The Morgan fingerprint density at radius 1 is 1.00 bits per heavy atom. The van der Waals surface area contributed by atoms with Crippen LogP contribution in [-0.2, 0) is 16.0 Å². The van der Waals surface area contributed by atoms with Gasteiger partial charge in [0.15, 0.2) is 0 Å². The molecule has 0 unspecified atom stereocenters. The summed E-state index contributed by atoms with van der Waals surface area (Å²) in [5.74, 6) is -3.01. The van der Waals surface area contributed by atoms with Crippen LogP contribution in [0.5, 0.6) is 0 Å². The van der Waals surface area contributed by atoms with E-state index in [2.05, 4.69) is 10.6 Å². The molecule has 0 saturated carbocycles. The van der Waals surface area contributed by atoms with E-state index in [9.17, 15) is 23.9 Å². The maximum atomic E-state index is 13.1. The van der Waals surface area contributed by atoms with E-state index in [-0.39, 0.29) is 6.42 Å². The highest BCUT2D eigenvalue weighted by molar-refractivity contribution is 5.98. The molecule has 2 aromatic carbocycles. The Balaban J connectivity index is 2.17. The molecule has 2 amide bonds. The molecule has 0 aliphatic carbocycles. The van der Waals surface area contributed by atoms with Crippen molar-refractivity contribution < 1.29 is 23.9 Å². The zero-order valence-corrected chi connectivity index (χ0v) is 14.1. The zero-order valence-electron chi connectivity index (χ0n) is 14.1. The molecule has 2 atom stereocenters. The van der Waals surface area contributed by atoms with Gasteiger partial charge in [0.25, 0.3) is 5.91 Å². The Labute approximate surface area is 150 Å². The van der Waals surface area contributed by atoms with Crippen LogP contribution in [0.2, 0.25) is 0 Å². The summed E-state index contributed by atoms with van der Waals surface area (Å²) in [5.41, 5.74) is 0.971. The number of halogens is 1. The fraction of sp³-hybridized carbons (Fsp3) is 0.211. The third-order valence-electron chi connectivity index (χ3n) is 3.72. The first-order valence-corrected chi connectivity index (χ1v) is 7.98. The molecule has 0 aromatic heterocycles. The number of amides is 2. The van der Waals surface area contributed by atoms with E-state index in [0.29, 0.717) is 11.1 Å². The Hall–Kier alpha value is -3.22. The summed E-state index contributed by atoms with van der Waals surface area (Å²) in [4.78, 5) is 35.6. The average molecular weight is 357 g/mol. The van der Waals surface area contributed by atoms with Crippen LogP contribution in [0, 0.1) is 5.82 Å². The lowest BCUT2D eigenvalue weighted by Crippen LogP contribution is -2.54. The molecule has 0 saturated heterocycles. The lowest BCUT2D eigenvalue weighted by atomic mass is 10.0. The minimum Gasteiger partial charge on any atom is -0.548 e. The topological polar surface area (TPSA) is 98.3 Å². The molecule has 6 nitrogen and oxygen atoms in total. The van der Waals surface area contributed by atoms with Gasteiger partial charge in [-0.3, -0.25) is 9.59 Å². The van der Waals surface area contributed by atoms with Crippen molar-refractivity contribution in [1.29, 1.82) is 0 Å². The highest BCUT2D eigenvalue weighted by Crippen LogP contribution is 2.08. The van der Waals surface area contributed by atoms with E-state index in [1.807, 2.05) is 0 Å². The zero-order chi connectivity index (χ0) is 19.1. The lowest BCUT2D eigenvalue weighted by Gasteiger charge is -2.22. The van der Waals surface area contributed by atoms with Crippen LogP contribution in [0.3, 0.4) is 0 Å². The maximum Gasteiger partial charge on any atom is 0.251 e. The number of nitrogens with one attached hydrogen (secondary N) is 2. The third-order valence-corrected chi connectivity index (χ3v) is 3.72. The minimum absolute atomic E-state index is 0.0739. The number of hydrogen-bond acceptors (Lipinski definition) is 4. The number of aliphatic carboxylic acids is 1. The fourth-order valence-electron chi connectivity index (χ4n) is 2.27. The van der Waals surface area contributed by atoms with Gasteiger partial charge in [-0.2, -0.15) is 0 Å². The molecule has 0 aliphatic rings. The number of benzene rings is 2. The molecule has 0 bridgehead atoms. The first-order valence-electron chi connectivity index (χ1n) is 7.98. The number of carbonyl (C=O) groups is 3. The molecule has 26 heavy (non-hydrogen) atoms. The predicted octanol–water partition coefficient (Wildman–Crippen LogP) is 0.421. The molecule has 0 aliphatic heterocycles. The summed E-state index contributed by atoms with van der Waals surface area (Å²) in [6.45, 7) is 1.27. The predicted molar refractivity (Wildman–Crippen MR) is 90.4 cm³/mol. The van der Waals surface area contributed by atoms with Gasteiger partial charge in [0, 0.05) is 12.0 Å². The molecule has 0 radical (unpaired) electrons. The van der Waals surface area contributed by atoms with Crippen LogP contribution in [0.15, 0.2) is 54.6 Å². The summed E-state index contributed by atoms with van der Waals surface area (Å²) in [5, 5.41) is 15.7. The second-order valence-electron chi connectivity index (χ2n) is 5.77. The van der Waals surface area contributed by atoms with Crippen LogP contribution < -0.4 is 15.7 Å². The highest BCUT2D eigenvalue weighted by atomic mass is 19.1. The molecule has 136 valence electrons. The monoisotopic (exact) mass is 357 g/mol. The molecule has 2 N–H and O–H groups in total. The molecule has 7 heteroatoms. The molecule has 0 fully saturated rings. The smallest absolute Gasteiger partial charge is 0.251 e. The Morgan fingerprint density at radius 2 is 1.62 bits per heavy atom. The van der Waals surface area contributed by atoms with E-state index < -0.39 is 35.7 Å². The van der Waals surface area contributed by atoms with Gasteiger partial charge < -0.3 is 20.5 Å². The molecular weight excluding hydrogens is 339 g/mol. The van der Waals surface area contributed by atoms with Crippen molar-refractivity contribution in [1.82, 2.24) is 10.6 Å². The minimum atomic E-state index is -1.44. The van der Waals surface area contributed by atoms with Crippen LogP contribution in [-0.4, -0.2) is 29.9 Å². The Bertz CT molecular complexity index is 778. The summed E-state index contributed by atoms with van der Waals surface area (Å²) in [6.07, 6.45) is 0.0739. The van der Waals surface area contributed by atoms with E-state index in [4.69, 9.17) is 0 Å². The van der Waals surface area contributed by atoms with E-state index in [1.54, 1.807) is 30.3 Å². The average Bonchev–Trinajstić information content (AvgIpc) is 2.63. The van der Waals surface area contributed by atoms with E-state index in [0.717, 1.165) is 0 Å². The van der Waals surface area contributed by atoms with Gasteiger partial charge in [-0.15, -0.1) is 0 Å². The Kier molecular flexibility index (Phi) is 6.43. The quantitative estimate of drug-likeness (QED) is 0.750. The van der Waals surface area contributed by atoms with Gasteiger partial charge in [0.2, 0.25) is 5.91 Å². The van der Waals surface area contributed by atoms with E-state index >= 15 is 0 Å². The maximum absolute atomic E-state index is 13.1. The van der Waals surface area contributed by atoms with Gasteiger partial charge in [0.1, 0.15) is 11.9 Å². The van der Waals surface area contributed by atoms with E-state index in [1.165, 1.54) is 31.2 Å². The highest BCUT2D eigenvalue weighted by Gasteiger charge is 2.23. The largest absolute Gasteiger partial charge is 0.548 e. The number of carbonyl (C=O) groups excluding carboxylic acids is 3. The lowest BCUT2D eigenvalue weighted by molar-refractivity contribution is -0.307. The summed E-state index contributed by atoms with van der Waals surface area (Å²) >= 11 is 0. The molecule has 0 heterocycles. The third kappa shape index (κ3) is 5.41. The second kappa shape index (κ2) is 8.75. The summed E-state index contributed by atoms with van der Waals surface area (Å²) in [6, 6.07) is 11.5. The SMILES string of the molecule is C[C@H](NC(=O)[C@H](Cc1ccc(F)cc1)NC(=O)c1ccccc1)C(=O)[O-]. The number of carboxylic acid groups (broad SMARTS) is 1. The van der Waals surface area contributed by atoms with Crippen molar-refractivity contribution in [3.8, 4) is 0 Å². The van der Waals surface area contributed by atoms with Crippen molar-refractivity contribution in [3.05, 3.63) is 71.5 Å². The molecular formula is C19H18FN2O4-. The van der Waals surface area contributed by atoms with Crippen molar-refractivity contribution in [3.63, 3.8) is 0 Å². The van der Waals surface area contributed by atoms with Crippen molar-refractivity contribution in [2.45, 2.75) is 25.4 Å². The van der Waals surface area contributed by atoms with Gasteiger partial charge in [-0.25, -0.2) is 4.39 Å². The Morgan fingerprint density at radius 3 is 2.19 bits per heavy atom. The molecule has 2 rings (SSSR count).